The molecule has 1 unspecified atom stereocenters. The number of hydrogen-bond acceptors (Lipinski definition) is 3. The van der Waals surface area contributed by atoms with Crippen LogP contribution in [-0.4, -0.2) is 20.1 Å². The Morgan fingerprint density at radius 2 is 1.75 bits per heavy atom. The van der Waals surface area contributed by atoms with Gasteiger partial charge >= 0.3 is 0 Å². The van der Waals surface area contributed by atoms with E-state index in [1.807, 2.05) is 48.5 Å². The van der Waals surface area contributed by atoms with Crippen molar-refractivity contribution in [2.45, 2.75) is 26.3 Å². The van der Waals surface area contributed by atoms with Crippen molar-refractivity contribution in [1.29, 1.82) is 0 Å². The van der Waals surface area contributed by atoms with Gasteiger partial charge in [-0.15, -0.1) is 0 Å². The normalized spacial score (nSPS) is 11.9. The Bertz CT molecular complexity index is 668. The zero-order valence-corrected chi connectivity index (χ0v) is 14.7. The Morgan fingerprint density at radius 1 is 1.04 bits per heavy atom. The minimum atomic E-state index is -0.0379. The van der Waals surface area contributed by atoms with Crippen molar-refractivity contribution in [2.24, 2.45) is 5.92 Å². The third-order valence-corrected chi connectivity index (χ3v) is 3.98. The van der Waals surface area contributed by atoms with Crippen molar-refractivity contribution in [3.63, 3.8) is 0 Å². The predicted molar refractivity (Wildman–Crippen MR) is 95.4 cm³/mol. The van der Waals surface area contributed by atoms with Gasteiger partial charge in [0, 0.05) is 5.56 Å². The van der Waals surface area contributed by atoms with E-state index in [9.17, 15) is 4.79 Å². The minimum Gasteiger partial charge on any atom is -0.497 e. The monoisotopic (exact) mass is 327 g/mol. The molecule has 0 aliphatic heterocycles. The summed E-state index contributed by atoms with van der Waals surface area (Å²) in [6, 6.07) is 15.5. The fourth-order valence-corrected chi connectivity index (χ4v) is 2.71. The first-order chi connectivity index (χ1) is 11.5. The van der Waals surface area contributed by atoms with E-state index in [-0.39, 0.29) is 18.4 Å². The summed E-state index contributed by atoms with van der Waals surface area (Å²) in [5.74, 6) is 1.65. The molecule has 2 aromatic rings. The number of methoxy groups -OCH3 is 2. The molecule has 0 aromatic heterocycles. The summed E-state index contributed by atoms with van der Waals surface area (Å²) in [4.78, 5) is 12.6. The van der Waals surface area contributed by atoms with Crippen molar-refractivity contribution in [3.05, 3.63) is 59.7 Å². The van der Waals surface area contributed by atoms with E-state index in [1.165, 1.54) is 0 Å². The molecule has 4 nitrogen and oxygen atoms in total. The topological polar surface area (TPSA) is 47.6 Å². The van der Waals surface area contributed by atoms with E-state index in [0.29, 0.717) is 17.4 Å². The number of carbonyl (C=O) groups is 1. The van der Waals surface area contributed by atoms with Crippen LogP contribution < -0.4 is 14.8 Å². The molecule has 0 heterocycles. The van der Waals surface area contributed by atoms with Crippen molar-refractivity contribution in [3.8, 4) is 11.5 Å². The van der Waals surface area contributed by atoms with Crippen LogP contribution in [0.4, 0.5) is 0 Å². The minimum absolute atomic E-state index is 0.0182. The molecule has 4 heteroatoms. The van der Waals surface area contributed by atoms with Gasteiger partial charge in [-0.25, -0.2) is 0 Å². The third kappa shape index (κ3) is 4.51. The lowest BCUT2D eigenvalue weighted by Crippen LogP contribution is -2.32. The van der Waals surface area contributed by atoms with E-state index >= 15 is 0 Å². The molecule has 2 rings (SSSR count). The van der Waals surface area contributed by atoms with Gasteiger partial charge in [-0.3, -0.25) is 4.79 Å². The van der Waals surface area contributed by atoms with E-state index in [0.717, 1.165) is 11.1 Å². The fraction of sp³-hybridized carbons (Fsp3) is 0.350. The van der Waals surface area contributed by atoms with Crippen molar-refractivity contribution >= 4 is 5.91 Å². The standard InChI is InChI=1S/C20H25NO3/c1-14(2)20(15-8-6-5-7-9-15)21-19(22)13-16-12-17(23-3)10-11-18(16)24-4/h5-12,14,20H,13H2,1-4H3,(H,21,22). The summed E-state index contributed by atoms with van der Waals surface area (Å²) in [7, 11) is 3.21. The van der Waals surface area contributed by atoms with Gasteiger partial charge in [-0.05, 0) is 29.7 Å². The molecule has 0 aliphatic rings. The third-order valence-electron chi connectivity index (χ3n) is 3.98. The number of benzene rings is 2. The van der Waals surface area contributed by atoms with Crippen LogP contribution in [0.25, 0.3) is 0 Å². The number of ether oxygens (including phenoxy) is 2. The Labute approximate surface area is 143 Å². The van der Waals surface area contributed by atoms with E-state index in [1.54, 1.807) is 14.2 Å². The SMILES string of the molecule is COc1ccc(OC)c(CC(=O)NC(c2ccccc2)C(C)C)c1. The molecule has 0 saturated heterocycles. The zero-order valence-electron chi connectivity index (χ0n) is 14.7. The average Bonchev–Trinajstić information content (AvgIpc) is 2.60. The van der Waals surface area contributed by atoms with Gasteiger partial charge in [0.05, 0.1) is 26.7 Å². The molecule has 1 amide bonds. The van der Waals surface area contributed by atoms with Gasteiger partial charge < -0.3 is 14.8 Å². The van der Waals surface area contributed by atoms with Crippen LogP contribution in [0.1, 0.15) is 31.0 Å². The second-order valence-corrected chi connectivity index (χ2v) is 6.05. The molecule has 0 saturated carbocycles. The molecular weight excluding hydrogens is 302 g/mol. The molecule has 0 radical (unpaired) electrons. The van der Waals surface area contributed by atoms with Gasteiger partial charge in [0.2, 0.25) is 5.91 Å². The maximum Gasteiger partial charge on any atom is 0.225 e. The van der Waals surface area contributed by atoms with Crippen molar-refractivity contribution in [2.75, 3.05) is 14.2 Å². The van der Waals surface area contributed by atoms with Crippen LogP contribution in [-0.2, 0) is 11.2 Å². The second-order valence-electron chi connectivity index (χ2n) is 6.05. The molecule has 2 aromatic carbocycles. The Hall–Kier alpha value is -2.49. The quantitative estimate of drug-likeness (QED) is 0.842. The molecule has 0 aliphatic carbocycles. The summed E-state index contributed by atoms with van der Waals surface area (Å²) in [5.41, 5.74) is 1.92. The van der Waals surface area contributed by atoms with Crippen molar-refractivity contribution in [1.82, 2.24) is 5.32 Å². The smallest absolute Gasteiger partial charge is 0.225 e. The lowest BCUT2D eigenvalue weighted by molar-refractivity contribution is -0.121. The first-order valence-corrected chi connectivity index (χ1v) is 8.10. The Kier molecular flexibility index (Phi) is 6.24. The van der Waals surface area contributed by atoms with E-state index < -0.39 is 0 Å². The van der Waals surface area contributed by atoms with Gasteiger partial charge in [0.1, 0.15) is 11.5 Å². The number of nitrogens with one attached hydrogen (secondary N) is 1. The van der Waals surface area contributed by atoms with E-state index in [2.05, 4.69) is 19.2 Å². The van der Waals surface area contributed by atoms with Crippen LogP contribution in [0.5, 0.6) is 11.5 Å². The van der Waals surface area contributed by atoms with Crippen LogP contribution in [0.3, 0.4) is 0 Å². The van der Waals surface area contributed by atoms with Crippen LogP contribution in [0.15, 0.2) is 48.5 Å². The summed E-state index contributed by atoms with van der Waals surface area (Å²) in [6.07, 6.45) is 0.246. The van der Waals surface area contributed by atoms with Gasteiger partial charge in [-0.1, -0.05) is 44.2 Å². The maximum absolute atomic E-state index is 12.6. The summed E-state index contributed by atoms with van der Waals surface area (Å²) >= 11 is 0. The molecule has 0 spiro atoms. The van der Waals surface area contributed by atoms with Crippen LogP contribution in [0.2, 0.25) is 0 Å². The first-order valence-electron chi connectivity index (χ1n) is 8.10. The number of hydrogen-bond donors (Lipinski definition) is 1. The highest BCUT2D eigenvalue weighted by Gasteiger charge is 2.19. The molecule has 128 valence electrons. The number of amides is 1. The van der Waals surface area contributed by atoms with E-state index in [4.69, 9.17) is 9.47 Å². The second kappa shape index (κ2) is 8.39. The molecular formula is C20H25NO3. The van der Waals surface area contributed by atoms with Crippen molar-refractivity contribution < 1.29 is 14.3 Å². The van der Waals surface area contributed by atoms with Gasteiger partial charge in [0.15, 0.2) is 0 Å². The molecule has 0 bridgehead atoms. The zero-order chi connectivity index (χ0) is 17.5. The largest absolute Gasteiger partial charge is 0.497 e. The highest BCUT2D eigenvalue weighted by atomic mass is 16.5. The lowest BCUT2D eigenvalue weighted by atomic mass is 9.95. The van der Waals surface area contributed by atoms with Gasteiger partial charge in [0.25, 0.3) is 0 Å². The number of carbonyl (C=O) groups excluding carboxylic acids is 1. The maximum atomic E-state index is 12.6. The molecule has 1 atom stereocenters. The highest BCUT2D eigenvalue weighted by molar-refractivity contribution is 5.80. The van der Waals surface area contributed by atoms with Crippen LogP contribution >= 0.6 is 0 Å². The molecule has 24 heavy (non-hydrogen) atoms. The van der Waals surface area contributed by atoms with Gasteiger partial charge in [-0.2, -0.15) is 0 Å². The lowest BCUT2D eigenvalue weighted by Gasteiger charge is -2.23. The predicted octanol–water partition coefficient (Wildman–Crippen LogP) is 3.76. The summed E-state index contributed by atoms with van der Waals surface area (Å²) < 4.78 is 10.6. The Morgan fingerprint density at radius 3 is 2.33 bits per heavy atom. The summed E-state index contributed by atoms with van der Waals surface area (Å²) in [5, 5.41) is 3.13. The van der Waals surface area contributed by atoms with Crippen LogP contribution in [0, 0.1) is 5.92 Å². The highest BCUT2D eigenvalue weighted by Crippen LogP contribution is 2.25. The first kappa shape index (κ1) is 17.9. The Balaban J connectivity index is 2.14. The molecule has 1 N–H and O–H groups in total. The number of rotatable bonds is 7. The summed E-state index contributed by atoms with van der Waals surface area (Å²) in [6.45, 7) is 4.20. The average molecular weight is 327 g/mol. The molecule has 0 fully saturated rings. The fourth-order valence-electron chi connectivity index (χ4n) is 2.71.